The summed E-state index contributed by atoms with van der Waals surface area (Å²) in [5.74, 6) is 0.520. The van der Waals surface area contributed by atoms with Gasteiger partial charge in [0.2, 0.25) is 0 Å². The van der Waals surface area contributed by atoms with Crippen LogP contribution in [0.5, 0.6) is 5.75 Å². The van der Waals surface area contributed by atoms with Crippen LogP contribution in [0.15, 0.2) is 54.2 Å². The topological polar surface area (TPSA) is 56.1 Å². The van der Waals surface area contributed by atoms with E-state index >= 15 is 0 Å². The van der Waals surface area contributed by atoms with Gasteiger partial charge < -0.3 is 14.6 Å². The maximum absolute atomic E-state index is 12.1. The van der Waals surface area contributed by atoms with E-state index in [9.17, 15) is 4.79 Å². The van der Waals surface area contributed by atoms with Crippen molar-refractivity contribution >= 4 is 22.9 Å². The average Bonchev–Trinajstić information content (AvgIpc) is 3.19. The molecule has 0 unspecified atom stereocenters. The molecule has 0 saturated heterocycles. The van der Waals surface area contributed by atoms with E-state index in [0.29, 0.717) is 11.4 Å². The van der Waals surface area contributed by atoms with E-state index in [1.807, 2.05) is 29.1 Å². The molecule has 2 aromatic heterocycles. The second-order valence-corrected chi connectivity index (χ2v) is 5.12. The van der Waals surface area contributed by atoms with Gasteiger partial charge in [0.15, 0.2) is 5.13 Å². The third kappa shape index (κ3) is 2.95. The van der Waals surface area contributed by atoms with Gasteiger partial charge in [-0.25, -0.2) is 4.98 Å². The Hall–Kier alpha value is -2.60. The number of methoxy groups -OCH3 is 1. The van der Waals surface area contributed by atoms with Gasteiger partial charge in [0, 0.05) is 23.5 Å². The summed E-state index contributed by atoms with van der Waals surface area (Å²) in [6.45, 7) is 0. The molecule has 0 atom stereocenters. The Labute approximate surface area is 125 Å². The molecule has 1 amide bonds. The second kappa shape index (κ2) is 5.80. The van der Waals surface area contributed by atoms with E-state index in [2.05, 4.69) is 10.3 Å². The Morgan fingerprint density at radius 2 is 1.95 bits per heavy atom. The van der Waals surface area contributed by atoms with E-state index in [1.54, 1.807) is 36.8 Å². The zero-order chi connectivity index (χ0) is 14.7. The van der Waals surface area contributed by atoms with Crippen LogP contribution in [0.25, 0.3) is 5.13 Å². The molecule has 0 spiro atoms. The van der Waals surface area contributed by atoms with Gasteiger partial charge in [-0.3, -0.25) is 4.79 Å². The van der Waals surface area contributed by atoms with Crippen LogP contribution < -0.4 is 10.1 Å². The Morgan fingerprint density at radius 3 is 2.62 bits per heavy atom. The minimum atomic E-state index is -0.227. The summed E-state index contributed by atoms with van der Waals surface area (Å²) in [6, 6.07) is 11.0. The quantitative estimate of drug-likeness (QED) is 0.805. The number of carbonyl (C=O) groups is 1. The van der Waals surface area contributed by atoms with E-state index in [4.69, 9.17) is 4.74 Å². The van der Waals surface area contributed by atoms with Crippen molar-refractivity contribution < 1.29 is 9.53 Å². The lowest BCUT2D eigenvalue weighted by molar-refractivity contribution is 0.102. The molecule has 1 aromatic carbocycles. The average molecular weight is 299 g/mol. The molecule has 0 fully saturated rings. The Bertz CT molecular complexity index is 733. The number of anilines is 1. The monoisotopic (exact) mass is 299 g/mol. The van der Waals surface area contributed by atoms with Crippen LogP contribution in [0.4, 0.5) is 5.69 Å². The van der Waals surface area contributed by atoms with Crippen LogP contribution in [-0.2, 0) is 0 Å². The minimum absolute atomic E-state index is 0.227. The number of ether oxygens (including phenoxy) is 1. The molecule has 1 N–H and O–H groups in total. The molecule has 6 heteroatoms. The van der Waals surface area contributed by atoms with Crippen molar-refractivity contribution in [3.8, 4) is 10.9 Å². The van der Waals surface area contributed by atoms with Crippen molar-refractivity contribution in [2.75, 3.05) is 12.4 Å². The van der Waals surface area contributed by atoms with Crippen LogP contribution in [0, 0.1) is 0 Å². The van der Waals surface area contributed by atoms with Gasteiger partial charge in [-0.15, -0.1) is 11.3 Å². The van der Waals surface area contributed by atoms with E-state index < -0.39 is 0 Å². The summed E-state index contributed by atoms with van der Waals surface area (Å²) in [5, 5.41) is 5.32. The van der Waals surface area contributed by atoms with Crippen molar-refractivity contribution in [1.82, 2.24) is 9.55 Å². The SMILES string of the molecule is COc1ccc(NC(=O)c2csc(-n3cccc3)n2)cc1. The van der Waals surface area contributed by atoms with Crippen LogP contribution in [0.1, 0.15) is 10.5 Å². The largest absolute Gasteiger partial charge is 0.497 e. The van der Waals surface area contributed by atoms with Gasteiger partial charge in [-0.1, -0.05) is 0 Å². The van der Waals surface area contributed by atoms with Crippen molar-refractivity contribution in [2.24, 2.45) is 0 Å². The second-order valence-electron chi connectivity index (χ2n) is 4.29. The zero-order valence-electron chi connectivity index (χ0n) is 11.3. The predicted molar refractivity (Wildman–Crippen MR) is 82.4 cm³/mol. The fourth-order valence-corrected chi connectivity index (χ4v) is 2.59. The number of carbonyl (C=O) groups excluding carboxylic acids is 1. The van der Waals surface area contributed by atoms with Crippen molar-refractivity contribution in [1.29, 1.82) is 0 Å². The minimum Gasteiger partial charge on any atom is -0.497 e. The zero-order valence-corrected chi connectivity index (χ0v) is 12.1. The van der Waals surface area contributed by atoms with Crippen LogP contribution in [-0.4, -0.2) is 22.6 Å². The third-order valence-electron chi connectivity index (χ3n) is 2.90. The molecule has 106 valence electrons. The highest BCUT2D eigenvalue weighted by atomic mass is 32.1. The highest BCUT2D eigenvalue weighted by molar-refractivity contribution is 7.12. The fourth-order valence-electron chi connectivity index (χ4n) is 1.82. The standard InChI is InChI=1S/C15H13N3O2S/c1-20-12-6-4-11(5-7-12)16-14(19)13-10-21-15(17-13)18-8-2-3-9-18/h2-10H,1H3,(H,16,19). The Kier molecular flexibility index (Phi) is 3.70. The molecular formula is C15H13N3O2S. The molecule has 0 saturated carbocycles. The lowest BCUT2D eigenvalue weighted by Gasteiger charge is -2.04. The first kappa shape index (κ1) is 13.4. The molecule has 0 bridgehead atoms. The predicted octanol–water partition coefficient (Wildman–Crippen LogP) is 3.19. The van der Waals surface area contributed by atoms with Gasteiger partial charge in [0.1, 0.15) is 11.4 Å². The number of hydrogen-bond acceptors (Lipinski definition) is 4. The summed E-state index contributed by atoms with van der Waals surface area (Å²) >= 11 is 1.42. The fraction of sp³-hybridized carbons (Fsp3) is 0.0667. The highest BCUT2D eigenvalue weighted by Crippen LogP contribution is 2.18. The highest BCUT2D eigenvalue weighted by Gasteiger charge is 2.11. The lowest BCUT2D eigenvalue weighted by Crippen LogP contribution is -2.12. The smallest absolute Gasteiger partial charge is 0.275 e. The number of benzene rings is 1. The van der Waals surface area contributed by atoms with Crippen LogP contribution >= 0.6 is 11.3 Å². The van der Waals surface area contributed by atoms with Gasteiger partial charge in [-0.2, -0.15) is 0 Å². The summed E-state index contributed by atoms with van der Waals surface area (Å²) in [5.41, 5.74) is 1.11. The normalized spacial score (nSPS) is 10.3. The molecule has 3 rings (SSSR count). The van der Waals surface area contributed by atoms with E-state index in [-0.39, 0.29) is 5.91 Å². The summed E-state index contributed by atoms with van der Waals surface area (Å²) in [6.07, 6.45) is 3.79. The maximum Gasteiger partial charge on any atom is 0.275 e. The number of rotatable bonds is 4. The molecule has 0 aliphatic rings. The van der Waals surface area contributed by atoms with Crippen molar-refractivity contribution in [3.05, 3.63) is 59.9 Å². The lowest BCUT2D eigenvalue weighted by atomic mass is 10.3. The third-order valence-corrected chi connectivity index (χ3v) is 3.75. The van der Waals surface area contributed by atoms with Crippen molar-refractivity contribution in [3.63, 3.8) is 0 Å². The molecule has 0 aliphatic carbocycles. The molecule has 0 radical (unpaired) electrons. The first-order chi connectivity index (χ1) is 10.3. The number of hydrogen-bond donors (Lipinski definition) is 1. The Morgan fingerprint density at radius 1 is 1.24 bits per heavy atom. The number of thiazole rings is 1. The summed E-state index contributed by atoms with van der Waals surface area (Å²) < 4.78 is 6.95. The van der Waals surface area contributed by atoms with Crippen LogP contribution in [0.2, 0.25) is 0 Å². The summed E-state index contributed by atoms with van der Waals surface area (Å²) in [7, 11) is 1.60. The molecule has 3 aromatic rings. The number of aromatic nitrogens is 2. The summed E-state index contributed by atoms with van der Waals surface area (Å²) in [4.78, 5) is 16.5. The van der Waals surface area contributed by atoms with Gasteiger partial charge in [0.05, 0.1) is 7.11 Å². The molecule has 21 heavy (non-hydrogen) atoms. The molecule has 2 heterocycles. The van der Waals surface area contributed by atoms with Gasteiger partial charge in [-0.05, 0) is 36.4 Å². The van der Waals surface area contributed by atoms with Crippen LogP contribution in [0.3, 0.4) is 0 Å². The van der Waals surface area contributed by atoms with Crippen molar-refractivity contribution in [2.45, 2.75) is 0 Å². The molecule has 0 aliphatic heterocycles. The first-order valence-electron chi connectivity index (χ1n) is 6.30. The molecular weight excluding hydrogens is 286 g/mol. The molecule has 5 nitrogen and oxygen atoms in total. The Balaban J connectivity index is 1.73. The first-order valence-corrected chi connectivity index (χ1v) is 7.18. The van der Waals surface area contributed by atoms with E-state index in [0.717, 1.165) is 10.9 Å². The maximum atomic E-state index is 12.1. The van der Waals surface area contributed by atoms with Gasteiger partial charge >= 0.3 is 0 Å². The van der Waals surface area contributed by atoms with Gasteiger partial charge in [0.25, 0.3) is 5.91 Å². The number of nitrogens with one attached hydrogen (secondary N) is 1. The number of amides is 1. The number of nitrogens with zero attached hydrogens (tertiary/aromatic N) is 2. The van der Waals surface area contributed by atoms with E-state index in [1.165, 1.54) is 11.3 Å².